The van der Waals surface area contributed by atoms with Gasteiger partial charge in [0.25, 0.3) is 5.56 Å². The summed E-state index contributed by atoms with van der Waals surface area (Å²) in [4.78, 5) is 47.3. The third kappa shape index (κ3) is 4.84. The number of aliphatic carboxylic acids is 1. The number of carbonyl (C=O) groups is 2. The molecular weight excluding hydrogens is 518 g/mol. The SMILES string of the molecule is CC(=O)N[C@@H]1CN(c2nc3ccccc3n(C3C[C@H]4CCC[C@@H](C3)N4C3C[C@H]4CCCC[C@@H](C3)C4)c2=O)[C@@H]1C(=O)O. The van der Waals surface area contributed by atoms with E-state index < -0.39 is 18.1 Å². The predicted octanol–water partition coefficient (Wildman–Crippen LogP) is 4.09. The van der Waals surface area contributed by atoms with E-state index in [1.165, 1.54) is 71.1 Å². The highest BCUT2D eigenvalue weighted by molar-refractivity contribution is 5.85. The lowest BCUT2D eigenvalue weighted by Gasteiger charge is -2.54. The fraction of sp³-hybridized carbons (Fsp3) is 0.688. The zero-order chi connectivity index (χ0) is 28.2. The number of hydrogen-bond acceptors (Lipinski definition) is 6. The third-order valence-corrected chi connectivity index (χ3v) is 10.9. The Labute approximate surface area is 241 Å². The first-order chi connectivity index (χ1) is 19.9. The van der Waals surface area contributed by atoms with Crippen molar-refractivity contribution in [2.75, 3.05) is 11.4 Å². The number of piperidine rings is 2. The molecule has 4 bridgehead atoms. The number of amides is 1. The first-order valence-electron chi connectivity index (χ1n) is 15.9. The number of carboxylic acids is 1. The molecule has 4 heterocycles. The molecule has 5 aliphatic rings. The van der Waals surface area contributed by atoms with Gasteiger partial charge in [-0.3, -0.25) is 14.5 Å². The molecule has 3 saturated heterocycles. The summed E-state index contributed by atoms with van der Waals surface area (Å²) in [5, 5.41) is 12.7. The van der Waals surface area contributed by atoms with Gasteiger partial charge in [0.2, 0.25) is 5.91 Å². The summed E-state index contributed by atoms with van der Waals surface area (Å²) in [6.45, 7) is 1.64. The fourth-order valence-electron chi connectivity index (χ4n) is 9.41. The zero-order valence-electron chi connectivity index (χ0n) is 24.1. The standard InChI is InChI=1S/C32H43N5O4/c1-19(38)33-27-18-35(29(27)32(40)41)30-31(39)37(28-12-5-4-11-26(28)34-30)25-16-22-9-6-10-23(17-25)36(22)24-14-20-7-2-3-8-21(13-20)15-24/h4-5,11-12,20-25,27,29H,2-3,6-10,13-18H2,1H3,(H,33,38)(H,40,41)/t20-,21+,22-,23+,24?,25?,27-,29+/m1/s1. The minimum atomic E-state index is -1.06. The molecule has 0 radical (unpaired) electrons. The smallest absolute Gasteiger partial charge is 0.328 e. The normalized spacial score (nSPS) is 35.4. The molecule has 8 atom stereocenters. The van der Waals surface area contributed by atoms with Crippen LogP contribution in [0.3, 0.4) is 0 Å². The quantitative estimate of drug-likeness (QED) is 0.566. The summed E-state index contributed by atoms with van der Waals surface area (Å²) in [6.07, 6.45) is 15.3. The number of aromatic nitrogens is 2. The van der Waals surface area contributed by atoms with Gasteiger partial charge in [-0.05, 0) is 68.9 Å². The van der Waals surface area contributed by atoms with Crippen molar-refractivity contribution in [3.05, 3.63) is 34.6 Å². The van der Waals surface area contributed by atoms with E-state index in [-0.39, 0.29) is 29.9 Å². The summed E-state index contributed by atoms with van der Waals surface area (Å²) < 4.78 is 1.95. The number of nitrogens with one attached hydrogen (secondary N) is 1. The molecule has 9 heteroatoms. The van der Waals surface area contributed by atoms with Crippen LogP contribution in [-0.2, 0) is 9.59 Å². The number of hydrogen-bond donors (Lipinski definition) is 2. The topological polar surface area (TPSA) is 108 Å². The predicted molar refractivity (Wildman–Crippen MR) is 157 cm³/mol. The number of para-hydroxylation sites is 2. The maximum absolute atomic E-state index is 14.3. The highest BCUT2D eigenvalue weighted by Gasteiger charge is 2.48. The van der Waals surface area contributed by atoms with Gasteiger partial charge in [-0.25, -0.2) is 9.78 Å². The van der Waals surface area contributed by atoms with E-state index in [2.05, 4.69) is 10.2 Å². The Morgan fingerprint density at radius 1 is 0.878 bits per heavy atom. The van der Waals surface area contributed by atoms with Gasteiger partial charge in [0.05, 0.1) is 17.1 Å². The van der Waals surface area contributed by atoms with Crippen molar-refractivity contribution in [3.63, 3.8) is 0 Å². The van der Waals surface area contributed by atoms with E-state index in [0.29, 0.717) is 23.6 Å². The third-order valence-electron chi connectivity index (χ3n) is 10.9. The summed E-state index contributed by atoms with van der Waals surface area (Å²) in [5.74, 6) is 0.608. The van der Waals surface area contributed by atoms with Crippen LogP contribution < -0.4 is 15.8 Å². The average molecular weight is 562 g/mol. The number of fused-ring (bicyclic) bond motifs is 5. The number of nitrogens with zero attached hydrogens (tertiary/aromatic N) is 4. The van der Waals surface area contributed by atoms with Crippen molar-refractivity contribution >= 4 is 28.7 Å². The van der Waals surface area contributed by atoms with E-state index in [9.17, 15) is 19.5 Å². The molecule has 220 valence electrons. The van der Waals surface area contributed by atoms with Gasteiger partial charge in [0.1, 0.15) is 0 Å². The van der Waals surface area contributed by atoms with Gasteiger partial charge in [0, 0.05) is 37.6 Å². The molecule has 2 unspecified atom stereocenters. The van der Waals surface area contributed by atoms with Crippen LogP contribution in [0.25, 0.3) is 11.0 Å². The van der Waals surface area contributed by atoms with Crippen molar-refractivity contribution in [2.24, 2.45) is 11.8 Å². The second kappa shape index (κ2) is 10.7. The zero-order valence-corrected chi connectivity index (χ0v) is 24.1. The number of anilines is 1. The maximum Gasteiger partial charge on any atom is 0.328 e. The van der Waals surface area contributed by atoms with Crippen molar-refractivity contribution in [1.29, 1.82) is 0 Å². The van der Waals surface area contributed by atoms with Gasteiger partial charge in [0.15, 0.2) is 11.9 Å². The largest absolute Gasteiger partial charge is 0.480 e. The first-order valence-corrected chi connectivity index (χ1v) is 15.9. The Bertz CT molecular complexity index is 1360. The Morgan fingerprint density at radius 2 is 1.56 bits per heavy atom. The van der Waals surface area contributed by atoms with Gasteiger partial charge in [-0.15, -0.1) is 0 Å². The fourth-order valence-corrected chi connectivity index (χ4v) is 9.41. The van der Waals surface area contributed by atoms with Crippen LogP contribution >= 0.6 is 0 Å². The Balaban J connectivity index is 1.21. The Hall–Kier alpha value is -2.94. The van der Waals surface area contributed by atoms with Crippen molar-refractivity contribution in [2.45, 2.75) is 120 Å². The maximum atomic E-state index is 14.3. The first kappa shape index (κ1) is 26.9. The molecule has 2 aliphatic carbocycles. The van der Waals surface area contributed by atoms with Crippen molar-refractivity contribution in [1.82, 2.24) is 19.8 Å². The van der Waals surface area contributed by atoms with E-state index in [1.807, 2.05) is 28.8 Å². The minimum Gasteiger partial charge on any atom is -0.480 e. The molecule has 2 aromatic rings. The van der Waals surface area contributed by atoms with Crippen LogP contribution in [-0.4, -0.2) is 68.2 Å². The molecule has 0 spiro atoms. The molecule has 1 aromatic heterocycles. The van der Waals surface area contributed by atoms with E-state index in [1.54, 1.807) is 4.90 Å². The van der Waals surface area contributed by atoms with E-state index >= 15 is 0 Å². The van der Waals surface area contributed by atoms with Crippen molar-refractivity contribution in [3.8, 4) is 0 Å². The number of carboxylic acid groups (broad SMARTS) is 1. The minimum absolute atomic E-state index is 0.0577. The monoisotopic (exact) mass is 561 g/mol. The molecule has 1 aromatic carbocycles. The lowest BCUT2D eigenvalue weighted by molar-refractivity contribution is -0.141. The molecule has 1 amide bonds. The average Bonchev–Trinajstić information content (AvgIpc) is 3.08. The lowest BCUT2D eigenvalue weighted by atomic mass is 9.73. The van der Waals surface area contributed by atoms with Crippen LogP contribution in [0.15, 0.2) is 29.1 Å². The molecule has 7 rings (SSSR count). The lowest BCUT2D eigenvalue weighted by Crippen LogP contribution is -2.71. The van der Waals surface area contributed by atoms with Gasteiger partial charge in [-0.1, -0.05) is 44.2 Å². The highest BCUT2D eigenvalue weighted by atomic mass is 16.4. The number of carbonyl (C=O) groups excluding carboxylic acids is 1. The Kier molecular flexibility index (Phi) is 7.04. The summed E-state index contributed by atoms with van der Waals surface area (Å²) in [6, 6.07) is 7.91. The van der Waals surface area contributed by atoms with Gasteiger partial charge < -0.3 is 19.9 Å². The second-order valence-electron chi connectivity index (χ2n) is 13.5. The van der Waals surface area contributed by atoms with E-state index in [0.717, 1.165) is 30.2 Å². The van der Waals surface area contributed by atoms with Crippen LogP contribution in [0.1, 0.15) is 90.0 Å². The van der Waals surface area contributed by atoms with Crippen molar-refractivity contribution < 1.29 is 14.7 Å². The summed E-state index contributed by atoms with van der Waals surface area (Å²) in [5.41, 5.74) is 1.32. The summed E-state index contributed by atoms with van der Waals surface area (Å²) >= 11 is 0. The van der Waals surface area contributed by atoms with Crippen LogP contribution in [0, 0.1) is 11.8 Å². The molecule has 2 saturated carbocycles. The van der Waals surface area contributed by atoms with Crippen LogP contribution in [0.2, 0.25) is 0 Å². The van der Waals surface area contributed by atoms with E-state index in [4.69, 9.17) is 4.98 Å². The second-order valence-corrected chi connectivity index (χ2v) is 13.5. The summed E-state index contributed by atoms with van der Waals surface area (Å²) in [7, 11) is 0. The number of benzene rings is 1. The molecule has 2 N–H and O–H groups in total. The van der Waals surface area contributed by atoms with Crippen LogP contribution in [0.5, 0.6) is 0 Å². The number of rotatable bonds is 5. The molecule has 3 aliphatic heterocycles. The molecule has 9 nitrogen and oxygen atoms in total. The highest BCUT2D eigenvalue weighted by Crippen LogP contribution is 2.47. The van der Waals surface area contributed by atoms with Gasteiger partial charge in [-0.2, -0.15) is 0 Å². The van der Waals surface area contributed by atoms with Crippen LogP contribution in [0.4, 0.5) is 5.82 Å². The molecule has 5 fully saturated rings. The molecule has 41 heavy (non-hydrogen) atoms. The Morgan fingerprint density at radius 3 is 2.22 bits per heavy atom. The molecular formula is C32H43N5O4. The van der Waals surface area contributed by atoms with Gasteiger partial charge >= 0.3 is 5.97 Å².